The van der Waals surface area contributed by atoms with Crippen LogP contribution in [-0.2, 0) is 20.9 Å². The van der Waals surface area contributed by atoms with Crippen LogP contribution in [0.4, 0.5) is 0 Å². The van der Waals surface area contributed by atoms with Gasteiger partial charge >= 0.3 is 5.97 Å². The third kappa shape index (κ3) is 4.83. The largest absolute Gasteiger partial charge is 0.463 e. The number of amides is 1. The number of carbonyl (C=O) groups is 2. The molecule has 0 saturated carbocycles. The summed E-state index contributed by atoms with van der Waals surface area (Å²) < 4.78 is 6.47. The van der Waals surface area contributed by atoms with E-state index in [4.69, 9.17) is 4.74 Å². The van der Waals surface area contributed by atoms with Crippen molar-refractivity contribution in [2.75, 3.05) is 0 Å². The molecule has 2 aromatic heterocycles. The van der Waals surface area contributed by atoms with Crippen LogP contribution in [0.15, 0.2) is 52.9 Å². The van der Waals surface area contributed by atoms with E-state index < -0.39 is 12.0 Å². The van der Waals surface area contributed by atoms with E-state index in [0.717, 1.165) is 5.56 Å². The smallest absolute Gasteiger partial charge is 0.308 e. The number of hydrogen-bond donors (Lipinski definition) is 1. The van der Waals surface area contributed by atoms with Crippen molar-refractivity contribution in [3.8, 4) is 0 Å². The zero-order valence-electron chi connectivity index (χ0n) is 15.6. The lowest BCUT2D eigenvalue weighted by Crippen LogP contribution is -2.36. The number of rotatable bonds is 7. The number of nitrogens with one attached hydrogen (secondary N) is 1. The van der Waals surface area contributed by atoms with Crippen LogP contribution < -0.4 is 10.9 Å². The molecule has 8 heteroatoms. The molecule has 3 aromatic rings. The second-order valence-corrected chi connectivity index (χ2v) is 7.49. The van der Waals surface area contributed by atoms with E-state index in [0.29, 0.717) is 10.2 Å². The Hall–Kier alpha value is -3.00. The van der Waals surface area contributed by atoms with E-state index in [2.05, 4.69) is 10.3 Å². The molecule has 3 rings (SSSR count). The van der Waals surface area contributed by atoms with Gasteiger partial charge in [-0.2, -0.15) is 0 Å². The average Bonchev–Trinajstić information content (AvgIpc) is 3.13. The van der Waals surface area contributed by atoms with Crippen molar-refractivity contribution in [3.05, 3.63) is 64.0 Å². The molecule has 7 nitrogen and oxygen atoms in total. The topological polar surface area (TPSA) is 90.3 Å². The predicted molar refractivity (Wildman–Crippen MR) is 107 cm³/mol. The Morgan fingerprint density at radius 1 is 1.21 bits per heavy atom. The Kier molecular flexibility index (Phi) is 6.20. The third-order valence-corrected chi connectivity index (χ3v) is 4.86. The Morgan fingerprint density at radius 2 is 1.96 bits per heavy atom. The highest BCUT2D eigenvalue weighted by atomic mass is 32.1. The van der Waals surface area contributed by atoms with Crippen molar-refractivity contribution in [1.29, 1.82) is 0 Å². The lowest BCUT2D eigenvalue weighted by molar-refractivity contribution is -0.148. The van der Waals surface area contributed by atoms with E-state index in [-0.39, 0.29) is 30.5 Å². The number of nitrogens with zero attached hydrogens (tertiary/aromatic N) is 2. The molecule has 0 unspecified atom stereocenters. The summed E-state index contributed by atoms with van der Waals surface area (Å²) in [7, 11) is 0. The highest BCUT2D eigenvalue weighted by molar-refractivity contribution is 7.16. The first-order chi connectivity index (χ1) is 13.4. The molecular weight excluding hydrogens is 378 g/mol. The molecule has 1 amide bonds. The first-order valence-corrected chi connectivity index (χ1v) is 9.78. The first kappa shape index (κ1) is 19.8. The van der Waals surface area contributed by atoms with Crippen LogP contribution in [0, 0.1) is 0 Å². The van der Waals surface area contributed by atoms with Crippen LogP contribution in [-0.4, -0.2) is 27.5 Å². The summed E-state index contributed by atoms with van der Waals surface area (Å²) in [6.07, 6.45) is 1.14. The fraction of sp³-hybridized carbons (Fsp3) is 0.300. The van der Waals surface area contributed by atoms with Gasteiger partial charge in [0.25, 0.3) is 5.56 Å². The molecule has 1 atom stereocenters. The SMILES string of the molecule is CC(C)OC(=O)C[C@H](NC(=O)Cn1cnc2sccc2c1=O)c1ccccc1. The highest BCUT2D eigenvalue weighted by Crippen LogP contribution is 2.18. The van der Waals surface area contributed by atoms with E-state index >= 15 is 0 Å². The average molecular weight is 399 g/mol. The summed E-state index contributed by atoms with van der Waals surface area (Å²) >= 11 is 1.37. The van der Waals surface area contributed by atoms with Gasteiger partial charge < -0.3 is 10.1 Å². The molecule has 0 aliphatic heterocycles. The van der Waals surface area contributed by atoms with Crippen LogP contribution >= 0.6 is 11.3 Å². The van der Waals surface area contributed by atoms with Gasteiger partial charge in [0.05, 0.1) is 30.3 Å². The van der Waals surface area contributed by atoms with Crippen molar-refractivity contribution < 1.29 is 14.3 Å². The predicted octanol–water partition coefficient (Wildman–Crippen LogP) is 2.66. The fourth-order valence-corrected chi connectivity index (χ4v) is 3.54. The Balaban J connectivity index is 1.75. The fourth-order valence-electron chi connectivity index (χ4n) is 2.82. The molecule has 0 bridgehead atoms. The monoisotopic (exact) mass is 399 g/mol. The summed E-state index contributed by atoms with van der Waals surface area (Å²) in [5.41, 5.74) is 0.521. The molecule has 28 heavy (non-hydrogen) atoms. The molecule has 1 aromatic carbocycles. The molecule has 0 fully saturated rings. The highest BCUT2D eigenvalue weighted by Gasteiger charge is 2.20. The molecule has 146 valence electrons. The minimum absolute atomic E-state index is 0.00461. The molecule has 0 aliphatic rings. The van der Waals surface area contributed by atoms with Crippen LogP contribution in [0.2, 0.25) is 0 Å². The maximum absolute atomic E-state index is 12.6. The normalized spacial score (nSPS) is 12.1. The number of hydrogen-bond acceptors (Lipinski definition) is 6. The Labute approximate surface area is 166 Å². The second-order valence-electron chi connectivity index (χ2n) is 6.59. The van der Waals surface area contributed by atoms with Crippen LogP contribution in [0.1, 0.15) is 31.9 Å². The van der Waals surface area contributed by atoms with Gasteiger partial charge in [0.1, 0.15) is 11.4 Å². The van der Waals surface area contributed by atoms with Crippen LogP contribution in [0.3, 0.4) is 0 Å². The van der Waals surface area contributed by atoms with E-state index in [9.17, 15) is 14.4 Å². The minimum Gasteiger partial charge on any atom is -0.463 e. The van der Waals surface area contributed by atoms with Crippen molar-refractivity contribution in [2.24, 2.45) is 0 Å². The second kappa shape index (κ2) is 8.79. The minimum atomic E-state index is -0.548. The molecule has 0 aliphatic carbocycles. The standard InChI is InChI=1S/C20H21N3O4S/c1-13(2)27-18(25)10-16(14-6-4-3-5-7-14)22-17(24)11-23-12-21-19-15(20(23)26)8-9-28-19/h3-9,12-13,16H,10-11H2,1-2H3,(H,22,24)/t16-/m0/s1. The molecular formula is C20H21N3O4S. The van der Waals surface area contributed by atoms with Gasteiger partial charge in [-0.05, 0) is 30.9 Å². The Bertz CT molecular complexity index is 1030. The maximum atomic E-state index is 12.6. The molecule has 0 saturated heterocycles. The molecule has 2 heterocycles. The maximum Gasteiger partial charge on any atom is 0.308 e. The number of aromatic nitrogens is 2. The number of carbonyl (C=O) groups excluding carboxylic acids is 2. The molecule has 1 N–H and O–H groups in total. The van der Waals surface area contributed by atoms with Gasteiger partial charge in [-0.25, -0.2) is 4.98 Å². The van der Waals surface area contributed by atoms with Crippen LogP contribution in [0.5, 0.6) is 0 Å². The number of esters is 1. The zero-order valence-corrected chi connectivity index (χ0v) is 16.4. The lowest BCUT2D eigenvalue weighted by atomic mass is 10.0. The number of ether oxygens (including phenoxy) is 1. The van der Waals surface area contributed by atoms with Crippen molar-refractivity contribution in [3.63, 3.8) is 0 Å². The van der Waals surface area contributed by atoms with E-state index in [1.165, 1.54) is 22.2 Å². The Morgan fingerprint density at radius 3 is 2.68 bits per heavy atom. The first-order valence-electron chi connectivity index (χ1n) is 8.90. The van der Waals surface area contributed by atoms with Gasteiger partial charge in [-0.1, -0.05) is 30.3 Å². The van der Waals surface area contributed by atoms with Crippen molar-refractivity contribution in [2.45, 2.75) is 39.0 Å². The zero-order chi connectivity index (χ0) is 20.1. The van der Waals surface area contributed by atoms with Gasteiger partial charge in [0.2, 0.25) is 5.91 Å². The summed E-state index contributed by atoms with van der Waals surface area (Å²) in [5.74, 6) is -0.785. The summed E-state index contributed by atoms with van der Waals surface area (Å²) in [6.45, 7) is 3.36. The molecule has 0 radical (unpaired) electrons. The number of benzene rings is 1. The van der Waals surface area contributed by atoms with Crippen molar-refractivity contribution >= 4 is 33.4 Å². The summed E-state index contributed by atoms with van der Waals surface area (Å²) in [4.78, 5) is 42.0. The van der Waals surface area contributed by atoms with Crippen molar-refractivity contribution in [1.82, 2.24) is 14.9 Å². The van der Waals surface area contributed by atoms with Gasteiger partial charge in [0, 0.05) is 0 Å². The van der Waals surface area contributed by atoms with Gasteiger partial charge in [0.15, 0.2) is 0 Å². The van der Waals surface area contributed by atoms with Gasteiger partial charge in [-0.15, -0.1) is 11.3 Å². The summed E-state index contributed by atoms with van der Waals surface area (Å²) in [5, 5.41) is 5.10. The number of fused-ring (bicyclic) bond motifs is 1. The van der Waals surface area contributed by atoms with Crippen LogP contribution in [0.25, 0.3) is 10.2 Å². The quantitative estimate of drug-likeness (QED) is 0.617. The molecule has 0 spiro atoms. The van der Waals surface area contributed by atoms with E-state index in [1.807, 2.05) is 30.3 Å². The van der Waals surface area contributed by atoms with E-state index in [1.54, 1.807) is 25.3 Å². The lowest BCUT2D eigenvalue weighted by Gasteiger charge is -2.19. The third-order valence-electron chi connectivity index (χ3n) is 4.04. The number of thiophene rings is 1. The summed E-state index contributed by atoms with van der Waals surface area (Å²) in [6, 6.07) is 10.3. The van der Waals surface area contributed by atoms with Gasteiger partial charge in [-0.3, -0.25) is 19.0 Å².